The molecule has 1 aliphatic rings. The number of benzene rings is 1. The molecule has 1 fully saturated rings. The van der Waals surface area contributed by atoms with E-state index < -0.39 is 5.60 Å². The molecule has 1 aromatic carbocycles. The number of rotatable bonds is 1. The summed E-state index contributed by atoms with van der Waals surface area (Å²) in [6, 6.07) is 8.22. The van der Waals surface area contributed by atoms with Crippen LogP contribution >= 0.6 is 0 Å². The maximum atomic E-state index is 11.2. The van der Waals surface area contributed by atoms with Gasteiger partial charge in [0.05, 0.1) is 5.60 Å². The van der Waals surface area contributed by atoms with E-state index in [-0.39, 0.29) is 0 Å². The van der Waals surface area contributed by atoms with Gasteiger partial charge in [-0.2, -0.15) is 0 Å². The Morgan fingerprint density at radius 1 is 1.14 bits per heavy atom. The zero-order valence-electron chi connectivity index (χ0n) is 13.3. The second kappa shape index (κ2) is 5.10. The summed E-state index contributed by atoms with van der Waals surface area (Å²) in [6.45, 7) is 6.93. The van der Waals surface area contributed by atoms with Gasteiger partial charge in [0.1, 0.15) is 0 Å². The van der Waals surface area contributed by atoms with Crippen LogP contribution in [0.5, 0.6) is 0 Å². The van der Waals surface area contributed by atoms with Crippen LogP contribution in [-0.4, -0.2) is 10.1 Å². The molecule has 1 aliphatic carbocycles. The van der Waals surface area contributed by atoms with E-state index in [2.05, 4.69) is 37.9 Å². The summed E-state index contributed by atoms with van der Waals surface area (Å²) >= 11 is 0. The molecule has 21 heavy (non-hydrogen) atoms. The Balaban J connectivity index is 1.93. The van der Waals surface area contributed by atoms with Crippen LogP contribution in [0, 0.1) is 11.3 Å². The molecule has 0 amide bonds. The summed E-state index contributed by atoms with van der Waals surface area (Å²) in [7, 11) is 0. The van der Waals surface area contributed by atoms with Gasteiger partial charge in [-0.25, -0.2) is 0 Å². The maximum Gasteiger partial charge on any atom is 0.0903 e. The average molecular weight is 283 g/mol. The molecular formula is C19H25NO. The molecule has 0 saturated heterocycles. The Hall–Kier alpha value is -1.41. The number of hydrogen-bond acceptors (Lipinski definition) is 2. The van der Waals surface area contributed by atoms with Crippen molar-refractivity contribution in [3.8, 4) is 0 Å². The molecular weight excluding hydrogens is 258 g/mol. The topological polar surface area (TPSA) is 33.1 Å². The number of hydrogen-bond donors (Lipinski definition) is 1. The second-order valence-corrected chi connectivity index (χ2v) is 7.57. The Morgan fingerprint density at radius 2 is 1.86 bits per heavy atom. The molecule has 1 heterocycles. The Morgan fingerprint density at radius 3 is 2.52 bits per heavy atom. The minimum atomic E-state index is -0.690. The van der Waals surface area contributed by atoms with Crippen LogP contribution in [0.25, 0.3) is 10.8 Å². The molecule has 2 aromatic rings. The van der Waals surface area contributed by atoms with Gasteiger partial charge in [0.15, 0.2) is 0 Å². The van der Waals surface area contributed by atoms with Crippen LogP contribution in [0.4, 0.5) is 0 Å². The zero-order chi connectivity index (χ0) is 15.1. The third kappa shape index (κ3) is 2.69. The van der Waals surface area contributed by atoms with Gasteiger partial charge in [0, 0.05) is 17.8 Å². The van der Waals surface area contributed by atoms with E-state index in [4.69, 9.17) is 0 Å². The summed E-state index contributed by atoms with van der Waals surface area (Å²) in [6.07, 6.45) is 7.59. The molecule has 0 unspecified atom stereocenters. The molecule has 3 rings (SSSR count). The molecule has 1 saturated carbocycles. The monoisotopic (exact) mass is 283 g/mol. The van der Waals surface area contributed by atoms with E-state index in [1.807, 2.05) is 24.5 Å². The molecule has 1 N–H and O–H groups in total. The normalized spacial score (nSPS) is 27.0. The highest BCUT2D eigenvalue weighted by atomic mass is 16.3. The van der Waals surface area contributed by atoms with E-state index in [1.54, 1.807) is 0 Å². The van der Waals surface area contributed by atoms with Gasteiger partial charge in [-0.1, -0.05) is 39.0 Å². The molecule has 0 aliphatic heterocycles. The summed E-state index contributed by atoms with van der Waals surface area (Å²) in [5.74, 6) is 0.700. The fourth-order valence-electron chi connectivity index (χ4n) is 3.75. The van der Waals surface area contributed by atoms with Crippen molar-refractivity contribution in [2.45, 2.75) is 52.1 Å². The predicted octanol–water partition coefficient (Wildman–Crippen LogP) is 4.66. The first-order valence-corrected chi connectivity index (χ1v) is 7.96. The molecule has 0 bridgehead atoms. The van der Waals surface area contributed by atoms with Crippen LogP contribution in [0.3, 0.4) is 0 Å². The SMILES string of the molecule is CC(C)(C)C1CCC(O)(c2cccc3ccncc23)CC1. The Kier molecular flexibility index (Phi) is 3.53. The van der Waals surface area contributed by atoms with Crippen molar-refractivity contribution in [3.05, 3.63) is 42.2 Å². The van der Waals surface area contributed by atoms with Gasteiger partial charge in [-0.05, 0) is 54.0 Å². The minimum Gasteiger partial charge on any atom is -0.385 e. The number of fused-ring (bicyclic) bond motifs is 1. The smallest absolute Gasteiger partial charge is 0.0903 e. The van der Waals surface area contributed by atoms with Crippen molar-refractivity contribution in [1.29, 1.82) is 0 Å². The van der Waals surface area contributed by atoms with Gasteiger partial charge < -0.3 is 5.11 Å². The van der Waals surface area contributed by atoms with Crippen molar-refractivity contribution in [2.24, 2.45) is 11.3 Å². The van der Waals surface area contributed by atoms with Gasteiger partial charge in [-0.15, -0.1) is 0 Å². The number of nitrogens with zero attached hydrogens (tertiary/aromatic N) is 1. The standard InChI is InChI=1S/C19H25NO/c1-18(2,3)15-7-10-19(21,11-8-15)17-6-4-5-14-9-12-20-13-16(14)17/h4-6,9,12-13,15,21H,7-8,10-11H2,1-3H3. The summed E-state index contributed by atoms with van der Waals surface area (Å²) in [5.41, 5.74) is 0.701. The second-order valence-electron chi connectivity index (χ2n) is 7.57. The number of aromatic nitrogens is 1. The predicted molar refractivity (Wildman–Crippen MR) is 87.1 cm³/mol. The summed E-state index contributed by atoms with van der Waals surface area (Å²) < 4.78 is 0. The van der Waals surface area contributed by atoms with Crippen LogP contribution in [0.2, 0.25) is 0 Å². The van der Waals surface area contributed by atoms with Crippen molar-refractivity contribution in [2.75, 3.05) is 0 Å². The lowest BCUT2D eigenvalue weighted by Crippen LogP contribution is -2.35. The Labute approximate surface area is 127 Å². The van der Waals surface area contributed by atoms with Gasteiger partial charge >= 0.3 is 0 Å². The van der Waals surface area contributed by atoms with Crippen molar-refractivity contribution in [1.82, 2.24) is 4.98 Å². The number of aliphatic hydroxyl groups is 1. The lowest BCUT2D eigenvalue weighted by atomic mass is 9.66. The molecule has 2 heteroatoms. The molecule has 0 atom stereocenters. The van der Waals surface area contributed by atoms with Crippen LogP contribution in [-0.2, 0) is 5.60 Å². The van der Waals surface area contributed by atoms with Gasteiger partial charge in [0.25, 0.3) is 0 Å². The quantitative estimate of drug-likeness (QED) is 0.825. The highest BCUT2D eigenvalue weighted by molar-refractivity contribution is 5.85. The third-order valence-corrected chi connectivity index (χ3v) is 5.22. The zero-order valence-corrected chi connectivity index (χ0v) is 13.3. The fraction of sp³-hybridized carbons (Fsp3) is 0.526. The number of pyridine rings is 1. The van der Waals surface area contributed by atoms with E-state index >= 15 is 0 Å². The molecule has 2 nitrogen and oxygen atoms in total. The summed E-state index contributed by atoms with van der Waals surface area (Å²) in [4.78, 5) is 4.24. The lowest BCUT2D eigenvalue weighted by molar-refractivity contribution is -0.0286. The van der Waals surface area contributed by atoms with Gasteiger partial charge in [0.2, 0.25) is 0 Å². The first-order valence-electron chi connectivity index (χ1n) is 7.96. The van der Waals surface area contributed by atoms with E-state index in [0.29, 0.717) is 11.3 Å². The molecule has 112 valence electrons. The maximum absolute atomic E-state index is 11.2. The van der Waals surface area contributed by atoms with Crippen LogP contribution < -0.4 is 0 Å². The highest BCUT2D eigenvalue weighted by Crippen LogP contribution is 2.46. The molecule has 1 aromatic heterocycles. The van der Waals surface area contributed by atoms with Crippen molar-refractivity contribution < 1.29 is 5.11 Å². The van der Waals surface area contributed by atoms with Crippen LogP contribution in [0.1, 0.15) is 52.0 Å². The highest BCUT2D eigenvalue weighted by Gasteiger charge is 2.39. The fourth-order valence-corrected chi connectivity index (χ4v) is 3.75. The van der Waals surface area contributed by atoms with E-state index in [1.165, 1.54) is 0 Å². The molecule has 0 radical (unpaired) electrons. The first-order chi connectivity index (χ1) is 9.90. The Bertz CT molecular complexity index is 628. The minimum absolute atomic E-state index is 0.335. The van der Waals surface area contributed by atoms with Gasteiger partial charge in [-0.3, -0.25) is 4.98 Å². The summed E-state index contributed by atoms with van der Waals surface area (Å²) in [5, 5.41) is 13.5. The van der Waals surface area contributed by atoms with Crippen molar-refractivity contribution in [3.63, 3.8) is 0 Å². The third-order valence-electron chi connectivity index (χ3n) is 5.22. The first kappa shape index (κ1) is 14.5. The lowest BCUT2D eigenvalue weighted by Gasteiger charge is -2.41. The largest absolute Gasteiger partial charge is 0.385 e. The van der Waals surface area contributed by atoms with E-state index in [0.717, 1.165) is 42.0 Å². The average Bonchev–Trinajstić information content (AvgIpc) is 2.46. The van der Waals surface area contributed by atoms with Crippen LogP contribution in [0.15, 0.2) is 36.7 Å². The molecule has 0 spiro atoms. The van der Waals surface area contributed by atoms with Crippen molar-refractivity contribution >= 4 is 10.8 Å². The van der Waals surface area contributed by atoms with E-state index in [9.17, 15) is 5.11 Å².